The minimum atomic E-state index is -0.304. The minimum Gasteiger partial charge on any atom is -0.349 e. The number of azo groups is 1. The van der Waals surface area contributed by atoms with E-state index in [2.05, 4.69) is 36.4 Å². The highest BCUT2D eigenvalue weighted by atomic mass is 79.9. The van der Waals surface area contributed by atoms with Crippen molar-refractivity contribution in [2.75, 3.05) is 0 Å². The summed E-state index contributed by atoms with van der Waals surface area (Å²) in [4.78, 5) is 11.9. The first-order valence-corrected chi connectivity index (χ1v) is 7.05. The largest absolute Gasteiger partial charge is 0.349 e. The van der Waals surface area contributed by atoms with E-state index in [9.17, 15) is 4.79 Å². The summed E-state index contributed by atoms with van der Waals surface area (Å²) in [5, 5.41) is 13.6. The first kappa shape index (κ1) is 13.6. The van der Waals surface area contributed by atoms with Crippen molar-refractivity contribution >= 4 is 27.3 Å². The minimum absolute atomic E-state index is 0.257. The van der Waals surface area contributed by atoms with E-state index in [0.717, 1.165) is 10.2 Å². The smallest absolute Gasteiger partial charge is 0.292 e. The molecule has 2 aromatic heterocycles. The van der Waals surface area contributed by atoms with Crippen LogP contribution in [-0.2, 0) is 7.05 Å². The Morgan fingerprint density at radius 3 is 2.62 bits per heavy atom. The van der Waals surface area contributed by atoms with Crippen LogP contribution in [0.15, 0.2) is 62.1 Å². The predicted molar refractivity (Wildman–Crippen MR) is 84.1 cm³/mol. The molecular weight excluding hydrogens is 334 g/mol. The SMILES string of the molecule is Cn1cccc1-c1[nH][nH]c(=O)c1N=Nc1ccccc1Br. The monoisotopic (exact) mass is 345 g/mol. The molecule has 0 saturated carbocycles. The van der Waals surface area contributed by atoms with E-state index in [4.69, 9.17) is 0 Å². The number of H-pyrrole nitrogens is 2. The molecule has 0 aliphatic heterocycles. The molecule has 0 bridgehead atoms. The molecule has 6 nitrogen and oxygen atoms in total. The van der Waals surface area contributed by atoms with Gasteiger partial charge in [-0.3, -0.25) is 15.0 Å². The number of nitrogens with one attached hydrogen (secondary N) is 2. The van der Waals surface area contributed by atoms with Crippen LogP contribution in [0.1, 0.15) is 0 Å². The van der Waals surface area contributed by atoms with E-state index < -0.39 is 0 Å². The van der Waals surface area contributed by atoms with Crippen LogP contribution in [0.3, 0.4) is 0 Å². The van der Waals surface area contributed by atoms with Gasteiger partial charge in [0.25, 0.3) is 5.56 Å². The first-order valence-electron chi connectivity index (χ1n) is 6.25. The number of aromatic amines is 2. The number of aryl methyl sites for hydroxylation is 1. The second kappa shape index (κ2) is 5.53. The number of hydrogen-bond acceptors (Lipinski definition) is 3. The van der Waals surface area contributed by atoms with Gasteiger partial charge in [-0.2, -0.15) is 0 Å². The fraction of sp³-hybridized carbons (Fsp3) is 0.0714. The van der Waals surface area contributed by atoms with Crippen LogP contribution in [-0.4, -0.2) is 14.8 Å². The molecule has 0 aliphatic rings. The van der Waals surface area contributed by atoms with Crippen molar-refractivity contribution in [2.24, 2.45) is 17.3 Å². The first-order chi connectivity index (χ1) is 10.2. The lowest BCUT2D eigenvalue weighted by atomic mass is 10.3. The lowest BCUT2D eigenvalue weighted by Crippen LogP contribution is -1.96. The predicted octanol–water partition coefficient (Wildman–Crippen LogP) is 3.89. The van der Waals surface area contributed by atoms with Crippen LogP contribution in [0.2, 0.25) is 0 Å². The van der Waals surface area contributed by atoms with Gasteiger partial charge in [-0.05, 0) is 40.2 Å². The molecule has 1 aromatic carbocycles. The number of nitrogens with zero attached hydrogens (tertiary/aromatic N) is 3. The molecule has 0 atom stereocenters. The Hall–Kier alpha value is -2.41. The number of hydrogen-bond donors (Lipinski definition) is 2. The molecule has 0 radical (unpaired) electrons. The average molecular weight is 346 g/mol. The van der Waals surface area contributed by atoms with Crippen molar-refractivity contribution < 1.29 is 0 Å². The Kier molecular flexibility index (Phi) is 3.57. The fourth-order valence-electron chi connectivity index (χ4n) is 1.99. The van der Waals surface area contributed by atoms with Gasteiger partial charge in [0.2, 0.25) is 0 Å². The van der Waals surface area contributed by atoms with Crippen LogP contribution >= 0.6 is 15.9 Å². The molecule has 3 rings (SSSR count). The third-order valence-corrected chi connectivity index (χ3v) is 3.73. The van der Waals surface area contributed by atoms with Gasteiger partial charge in [0.1, 0.15) is 5.69 Å². The highest BCUT2D eigenvalue weighted by Gasteiger charge is 2.13. The summed E-state index contributed by atoms with van der Waals surface area (Å²) in [7, 11) is 1.90. The number of aromatic nitrogens is 3. The van der Waals surface area contributed by atoms with E-state index in [0.29, 0.717) is 11.4 Å². The summed E-state index contributed by atoms with van der Waals surface area (Å²) < 4.78 is 2.72. The molecular formula is C14H12BrN5O. The summed E-state index contributed by atoms with van der Waals surface area (Å²) in [6, 6.07) is 11.2. The summed E-state index contributed by atoms with van der Waals surface area (Å²) >= 11 is 3.40. The molecule has 0 saturated heterocycles. The molecule has 2 heterocycles. The van der Waals surface area contributed by atoms with Crippen molar-refractivity contribution in [3.63, 3.8) is 0 Å². The van der Waals surface area contributed by atoms with Crippen molar-refractivity contribution in [1.29, 1.82) is 0 Å². The lowest BCUT2D eigenvalue weighted by Gasteiger charge is -2.00. The quantitative estimate of drug-likeness (QED) is 0.694. The zero-order chi connectivity index (χ0) is 14.8. The maximum atomic E-state index is 11.9. The summed E-state index contributed by atoms with van der Waals surface area (Å²) in [5.41, 5.74) is 2.09. The average Bonchev–Trinajstić information content (AvgIpc) is 3.04. The van der Waals surface area contributed by atoms with Crippen molar-refractivity contribution in [2.45, 2.75) is 0 Å². The molecule has 7 heteroatoms. The Morgan fingerprint density at radius 2 is 1.90 bits per heavy atom. The van der Waals surface area contributed by atoms with Gasteiger partial charge in [0, 0.05) is 17.7 Å². The normalized spacial score (nSPS) is 11.3. The molecule has 0 amide bonds. The lowest BCUT2D eigenvalue weighted by molar-refractivity contribution is 0.925. The number of rotatable bonds is 3. The van der Waals surface area contributed by atoms with Gasteiger partial charge >= 0.3 is 0 Å². The van der Waals surface area contributed by atoms with E-state index in [1.54, 1.807) is 0 Å². The van der Waals surface area contributed by atoms with E-state index in [1.165, 1.54) is 0 Å². The molecule has 106 valence electrons. The molecule has 21 heavy (non-hydrogen) atoms. The van der Waals surface area contributed by atoms with E-state index >= 15 is 0 Å². The highest BCUT2D eigenvalue weighted by Crippen LogP contribution is 2.29. The van der Waals surface area contributed by atoms with Crippen LogP contribution < -0.4 is 5.56 Å². The molecule has 3 aromatic rings. The van der Waals surface area contributed by atoms with Gasteiger partial charge in [-0.25, -0.2) is 0 Å². The Bertz CT molecular complexity index is 858. The topological polar surface area (TPSA) is 78.3 Å². The molecule has 0 spiro atoms. The standard InChI is InChI=1S/C14H12BrN5O/c1-20-8-4-7-11(20)12-13(14(21)19-17-12)18-16-10-6-3-2-5-9(10)15/h2-8H,1H3,(H2,17,19,21). The van der Waals surface area contributed by atoms with Gasteiger partial charge in [0.15, 0.2) is 5.69 Å². The van der Waals surface area contributed by atoms with Gasteiger partial charge in [-0.15, -0.1) is 10.2 Å². The third-order valence-electron chi connectivity index (χ3n) is 3.06. The van der Waals surface area contributed by atoms with Gasteiger partial charge in [-0.1, -0.05) is 12.1 Å². The molecule has 2 N–H and O–H groups in total. The van der Waals surface area contributed by atoms with E-state index in [1.807, 2.05) is 54.2 Å². The Labute approximate surface area is 128 Å². The molecule has 0 aliphatic carbocycles. The Balaban J connectivity index is 2.04. The second-order valence-corrected chi connectivity index (χ2v) is 5.31. The zero-order valence-electron chi connectivity index (χ0n) is 11.2. The van der Waals surface area contributed by atoms with Crippen LogP contribution in [0.25, 0.3) is 11.4 Å². The van der Waals surface area contributed by atoms with Crippen LogP contribution in [0, 0.1) is 0 Å². The maximum absolute atomic E-state index is 11.9. The van der Waals surface area contributed by atoms with Crippen molar-refractivity contribution in [3.05, 3.63) is 57.4 Å². The molecule has 0 unspecified atom stereocenters. The van der Waals surface area contributed by atoms with Gasteiger partial charge < -0.3 is 4.57 Å². The van der Waals surface area contributed by atoms with Crippen LogP contribution in [0.4, 0.5) is 11.4 Å². The zero-order valence-corrected chi connectivity index (χ0v) is 12.8. The van der Waals surface area contributed by atoms with E-state index in [-0.39, 0.29) is 11.2 Å². The number of benzene rings is 1. The fourth-order valence-corrected chi connectivity index (χ4v) is 2.35. The highest BCUT2D eigenvalue weighted by molar-refractivity contribution is 9.10. The summed E-state index contributed by atoms with van der Waals surface area (Å²) in [6.45, 7) is 0. The van der Waals surface area contributed by atoms with Gasteiger partial charge in [0.05, 0.1) is 11.4 Å². The Morgan fingerprint density at radius 1 is 1.10 bits per heavy atom. The summed E-state index contributed by atoms with van der Waals surface area (Å²) in [6.07, 6.45) is 1.90. The van der Waals surface area contributed by atoms with Crippen molar-refractivity contribution in [1.82, 2.24) is 14.8 Å². The van der Waals surface area contributed by atoms with Crippen LogP contribution in [0.5, 0.6) is 0 Å². The van der Waals surface area contributed by atoms with Crippen molar-refractivity contribution in [3.8, 4) is 11.4 Å². The third kappa shape index (κ3) is 2.59. The maximum Gasteiger partial charge on any atom is 0.292 e. The number of halogens is 1. The second-order valence-electron chi connectivity index (χ2n) is 4.46. The summed E-state index contributed by atoms with van der Waals surface area (Å²) in [5.74, 6) is 0. The molecule has 0 fully saturated rings.